The van der Waals surface area contributed by atoms with Crippen LogP contribution in [0, 0.1) is 11.8 Å². The third-order valence-electron chi connectivity index (χ3n) is 2.38. The molecule has 0 heterocycles. The van der Waals surface area contributed by atoms with Crippen molar-refractivity contribution in [2.45, 2.75) is 47.1 Å². The van der Waals surface area contributed by atoms with Crippen LogP contribution < -0.4 is 5.32 Å². The predicted octanol–water partition coefficient (Wildman–Crippen LogP) is 3.40. The molecule has 0 aromatic carbocycles. The highest BCUT2D eigenvalue weighted by Gasteiger charge is 2.04. The monoisotopic (exact) mass is 217 g/mol. The zero-order valence-electron chi connectivity index (χ0n) is 10.5. The molecule has 0 amide bonds. The third-order valence-corrected chi connectivity index (χ3v) is 3.99. The molecule has 0 rings (SSSR count). The molecule has 14 heavy (non-hydrogen) atoms. The molecule has 0 saturated carbocycles. The molecule has 0 aliphatic carbocycles. The van der Waals surface area contributed by atoms with Gasteiger partial charge < -0.3 is 5.32 Å². The maximum atomic E-state index is 3.48. The Labute approximate surface area is 94.4 Å². The van der Waals surface area contributed by atoms with Gasteiger partial charge in [0.05, 0.1) is 0 Å². The highest BCUT2D eigenvalue weighted by atomic mass is 32.2. The van der Waals surface area contributed by atoms with E-state index in [-0.39, 0.29) is 0 Å². The van der Waals surface area contributed by atoms with E-state index in [1.165, 1.54) is 17.9 Å². The zero-order valence-corrected chi connectivity index (χ0v) is 11.3. The summed E-state index contributed by atoms with van der Waals surface area (Å²) in [4.78, 5) is 0. The lowest BCUT2D eigenvalue weighted by atomic mass is 10.2. The van der Waals surface area contributed by atoms with Crippen molar-refractivity contribution in [3.8, 4) is 0 Å². The summed E-state index contributed by atoms with van der Waals surface area (Å²) < 4.78 is 0. The Balaban J connectivity index is 3.30. The van der Waals surface area contributed by atoms with Gasteiger partial charge in [0.15, 0.2) is 0 Å². The Bertz CT molecular complexity index is 125. The molecule has 0 fully saturated rings. The van der Waals surface area contributed by atoms with Crippen molar-refractivity contribution in [2.24, 2.45) is 11.8 Å². The molecule has 0 aromatic heterocycles. The molecule has 2 atom stereocenters. The quantitative estimate of drug-likeness (QED) is 0.669. The summed E-state index contributed by atoms with van der Waals surface area (Å²) >= 11 is 2.11. The van der Waals surface area contributed by atoms with E-state index >= 15 is 0 Å². The highest BCUT2D eigenvalue weighted by molar-refractivity contribution is 7.99. The van der Waals surface area contributed by atoms with E-state index in [1.54, 1.807) is 0 Å². The van der Waals surface area contributed by atoms with Crippen LogP contribution in [0.5, 0.6) is 0 Å². The molecule has 0 saturated heterocycles. The van der Waals surface area contributed by atoms with Crippen LogP contribution in [0.2, 0.25) is 0 Å². The number of nitrogens with one attached hydrogen (secondary N) is 1. The Morgan fingerprint density at radius 1 is 1.00 bits per heavy atom. The number of thioether (sulfide) groups is 1. The molecular formula is C12H27NS. The highest BCUT2D eigenvalue weighted by Crippen LogP contribution is 2.14. The summed E-state index contributed by atoms with van der Waals surface area (Å²) in [7, 11) is 0. The second-order valence-corrected chi connectivity index (χ2v) is 5.79. The van der Waals surface area contributed by atoms with Crippen LogP contribution in [0.15, 0.2) is 0 Å². The first-order chi connectivity index (χ1) is 6.56. The third kappa shape index (κ3) is 8.89. The van der Waals surface area contributed by atoms with Crippen LogP contribution in [0.4, 0.5) is 0 Å². The fourth-order valence-electron chi connectivity index (χ4n) is 1.08. The van der Waals surface area contributed by atoms with Gasteiger partial charge in [-0.3, -0.25) is 0 Å². The van der Waals surface area contributed by atoms with Gasteiger partial charge in [0.2, 0.25) is 0 Å². The van der Waals surface area contributed by atoms with Gasteiger partial charge in [-0.25, -0.2) is 0 Å². The lowest BCUT2D eigenvalue weighted by molar-refractivity contribution is 0.509. The maximum absolute atomic E-state index is 3.48. The molecule has 0 bridgehead atoms. The van der Waals surface area contributed by atoms with Crippen molar-refractivity contribution >= 4 is 11.8 Å². The summed E-state index contributed by atoms with van der Waals surface area (Å²) in [6, 6.07) is 0.622. The molecule has 2 unspecified atom stereocenters. The first-order valence-corrected chi connectivity index (χ1v) is 7.02. The molecule has 86 valence electrons. The van der Waals surface area contributed by atoms with E-state index in [0.29, 0.717) is 6.04 Å². The van der Waals surface area contributed by atoms with E-state index < -0.39 is 0 Å². The number of hydrogen-bond donors (Lipinski definition) is 1. The summed E-state index contributed by atoms with van der Waals surface area (Å²) in [6.07, 6.45) is 1.31. The summed E-state index contributed by atoms with van der Waals surface area (Å²) in [6.45, 7) is 12.5. The van der Waals surface area contributed by atoms with Crippen molar-refractivity contribution in [1.29, 1.82) is 0 Å². The summed E-state index contributed by atoms with van der Waals surface area (Å²) in [5.41, 5.74) is 0. The van der Waals surface area contributed by atoms with Gasteiger partial charge in [-0.05, 0) is 29.9 Å². The summed E-state index contributed by atoms with van der Waals surface area (Å²) in [5.74, 6) is 4.30. The van der Waals surface area contributed by atoms with Gasteiger partial charge in [-0.2, -0.15) is 11.8 Å². The minimum absolute atomic E-state index is 0.622. The van der Waals surface area contributed by atoms with E-state index in [1.807, 2.05) is 0 Å². The van der Waals surface area contributed by atoms with E-state index in [2.05, 4.69) is 51.7 Å². The Kier molecular flexibility index (Phi) is 8.80. The Morgan fingerprint density at radius 3 is 2.07 bits per heavy atom. The molecule has 1 nitrogen and oxygen atoms in total. The average molecular weight is 217 g/mol. The minimum Gasteiger partial charge on any atom is -0.314 e. The Morgan fingerprint density at radius 2 is 1.57 bits per heavy atom. The topological polar surface area (TPSA) is 12.0 Å². The fraction of sp³-hybridized carbons (Fsp3) is 1.00. The second kappa shape index (κ2) is 8.60. The standard InChI is InChI=1S/C12H27NS/c1-6-11(4)8-14-9-12(5)7-13-10(2)3/h10-13H,6-9H2,1-5H3. The molecule has 0 aliphatic heterocycles. The molecular weight excluding hydrogens is 190 g/mol. The zero-order chi connectivity index (χ0) is 11.0. The first-order valence-electron chi connectivity index (χ1n) is 5.87. The van der Waals surface area contributed by atoms with Gasteiger partial charge >= 0.3 is 0 Å². The van der Waals surface area contributed by atoms with Crippen molar-refractivity contribution in [3.63, 3.8) is 0 Å². The smallest absolute Gasteiger partial charge is 0.00104 e. The lowest BCUT2D eigenvalue weighted by Gasteiger charge is -2.15. The largest absolute Gasteiger partial charge is 0.314 e. The van der Waals surface area contributed by atoms with E-state index in [4.69, 9.17) is 0 Å². The number of hydrogen-bond acceptors (Lipinski definition) is 2. The lowest BCUT2D eigenvalue weighted by Crippen LogP contribution is -2.28. The molecule has 1 N–H and O–H groups in total. The van der Waals surface area contributed by atoms with Crippen LogP contribution in [0.1, 0.15) is 41.0 Å². The normalized spacial score (nSPS) is 15.9. The molecule has 0 radical (unpaired) electrons. The van der Waals surface area contributed by atoms with Crippen LogP contribution in [-0.2, 0) is 0 Å². The van der Waals surface area contributed by atoms with Gasteiger partial charge in [-0.15, -0.1) is 0 Å². The Hall–Kier alpha value is 0.310. The van der Waals surface area contributed by atoms with E-state index in [0.717, 1.165) is 18.4 Å². The van der Waals surface area contributed by atoms with E-state index in [9.17, 15) is 0 Å². The van der Waals surface area contributed by atoms with Gasteiger partial charge in [0.1, 0.15) is 0 Å². The molecule has 0 spiro atoms. The maximum Gasteiger partial charge on any atom is 0.00104 e. The molecule has 2 heteroatoms. The van der Waals surface area contributed by atoms with Crippen molar-refractivity contribution in [2.75, 3.05) is 18.1 Å². The minimum atomic E-state index is 0.622. The van der Waals surface area contributed by atoms with Crippen molar-refractivity contribution in [1.82, 2.24) is 5.32 Å². The predicted molar refractivity (Wildman–Crippen MR) is 69.1 cm³/mol. The fourth-order valence-corrected chi connectivity index (χ4v) is 2.38. The van der Waals surface area contributed by atoms with Gasteiger partial charge in [0, 0.05) is 6.04 Å². The van der Waals surface area contributed by atoms with Crippen LogP contribution in [0.25, 0.3) is 0 Å². The molecule has 0 aromatic rings. The van der Waals surface area contributed by atoms with Gasteiger partial charge in [0.25, 0.3) is 0 Å². The first kappa shape index (κ1) is 14.3. The average Bonchev–Trinajstić information content (AvgIpc) is 2.14. The molecule has 0 aliphatic rings. The SMILES string of the molecule is CCC(C)CSCC(C)CNC(C)C. The van der Waals surface area contributed by atoms with Crippen LogP contribution >= 0.6 is 11.8 Å². The van der Waals surface area contributed by atoms with Gasteiger partial charge in [-0.1, -0.05) is 41.0 Å². The van der Waals surface area contributed by atoms with Crippen LogP contribution in [0.3, 0.4) is 0 Å². The second-order valence-electron chi connectivity index (χ2n) is 4.72. The van der Waals surface area contributed by atoms with Crippen LogP contribution in [-0.4, -0.2) is 24.1 Å². The number of rotatable bonds is 8. The summed E-state index contributed by atoms with van der Waals surface area (Å²) in [5, 5.41) is 3.48. The van der Waals surface area contributed by atoms with Crippen molar-refractivity contribution in [3.05, 3.63) is 0 Å². The van der Waals surface area contributed by atoms with Crippen molar-refractivity contribution < 1.29 is 0 Å².